The monoisotopic (exact) mass is 1230 g/mol. The highest BCUT2D eigenvalue weighted by atomic mass is 19.4. The standard InChI is InChI=1S/C82H50F6N6/c83-81(84,85)64-23-13-22-59(40-64)80-78(93-74-36-28-55(60-24-32-70(89-47-60)51-14-5-1-6-15-51)41-66(74)67-42-56(29-37-75(67)93)61-25-33-71(90-48-61)52-16-7-2-8-17-52)45-65(82(86,87)88)46-79(80)94-76-38-30-57(62-26-34-72(91-49-62)53-18-9-3-10-19-53)43-68(76)69-44-58(31-39-77(69)94)63-27-35-73(92-50-63)54-20-11-4-12-21-54/h1-50H. The first-order chi connectivity index (χ1) is 45.8. The lowest BCUT2D eigenvalue weighted by atomic mass is 9.96. The van der Waals surface area contributed by atoms with Crippen molar-refractivity contribution in [3.05, 3.63) is 315 Å². The molecule has 0 saturated heterocycles. The molecule has 0 aliphatic carbocycles. The van der Waals surface area contributed by atoms with Crippen LogP contribution in [0, 0.1) is 0 Å². The molecule has 16 rings (SSSR count). The van der Waals surface area contributed by atoms with Crippen LogP contribution in [0.4, 0.5) is 26.3 Å². The first-order valence-corrected chi connectivity index (χ1v) is 30.5. The topological polar surface area (TPSA) is 61.4 Å². The summed E-state index contributed by atoms with van der Waals surface area (Å²) in [6.45, 7) is 0. The van der Waals surface area contributed by atoms with E-state index in [1.165, 1.54) is 12.1 Å². The number of halogens is 6. The van der Waals surface area contributed by atoms with Crippen LogP contribution in [0.2, 0.25) is 0 Å². The average Bonchev–Trinajstić information content (AvgIpc) is 1.53. The SMILES string of the molecule is FC(F)(F)c1cccc(-c2c(-n3c4ccc(-c5ccc(-c6ccccc6)nc5)cc4c4cc(-c5ccc(-c6ccccc6)nc5)ccc43)cc(C(F)(F)F)cc2-n2c3ccc(-c4ccc(-c5ccccc5)nc4)cc3c3cc(-c4ccc(-c5ccccc5)nc4)ccc32)c1. The molecule has 6 nitrogen and oxygen atoms in total. The van der Waals surface area contributed by atoms with Gasteiger partial charge in [0, 0.05) is 96.4 Å². The molecule has 450 valence electrons. The number of alkyl halides is 6. The van der Waals surface area contributed by atoms with Gasteiger partial charge in [0.15, 0.2) is 0 Å². The van der Waals surface area contributed by atoms with E-state index in [4.69, 9.17) is 19.9 Å². The molecule has 0 aliphatic heterocycles. The van der Waals surface area contributed by atoms with Gasteiger partial charge in [0.05, 0.1) is 67.3 Å². The van der Waals surface area contributed by atoms with Crippen molar-refractivity contribution in [3.63, 3.8) is 0 Å². The van der Waals surface area contributed by atoms with Crippen LogP contribution in [0.1, 0.15) is 11.1 Å². The van der Waals surface area contributed by atoms with Gasteiger partial charge >= 0.3 is 12.4 Å². The van der Waals surface area contributed by atoms with Crippen molar-refractivity contribution in [1.29, 1.82) is 0 Å². The minimum atomic E-state index is -4.95. The van der Waals surface area contributed by atoms with Crippen molar-refractivity contribution >= 4 is 43.6 Å². The first kappa shape index (κ1) is 57.2. The highest BCUT2D eigenvalue weighted by Gasteiger charge is 2.36. The Morgan fingerprint density at radius 3 is 0.766 bits per heavy atom. The Labute approximate surface area is 535 Å². The summed E-state index contributed by atoms with van der Waals surface area (Å²) in [6, 6.07) is 85.1. The molecule has 6 aromatic heterocycles. The summed E-state index contributed by atoms with van der Waals surface area (Å²) in [4.78, 5) is 19.4. The maximum Gasteiger partial charge on any atom is 0.416 e. The Balaban J connectivity index is 0.956. The Morgan fingerprint density at radius 2 is 0.500 bits per heavy atom. The molecule has 0 unspecified atom stereocenters. The van der Waals surface area contributed by atoms with Crippen LogP contribution in [0.15, 0.2) is 304 Å². The largest absolute Gasteiger partial charge is 0.416 e. The van der Waals surface area contributed by atoms with Crippen molar-refractivity contribution in [2.24, 2.45) is 0 Å². The van der Waals surface area contributed by atoms with Crippen molar-refractivity contribution in [3.8, 4) is 112 Å². The molecule has 0 fully saturated rings. The van der Waals surface area contributed by atoms with E-state index in [9.17, 15) is 0 Å². The zero-order chi connectivity index (χ0) is 63.7. The zero-order valence-electron chi connectivity index (χ0n) is 49.8. The minimum Gasteiger partial charge on any atom is -0.309 e. The summed E-state index contributed by atoms with van der Waals surface area (Å²) in [6.07, 6.45) is -2.57. The van der Waals surface area contributed by atoms with Gasteiger partial charge < -0.3 is 9.13 Å². The van der Waals surface area contributed by atoms with Gasteiger partial charge in [-0.1, -0.05) is 182 Å². The van der Waals surface area contributed by atoms with E-state index in [-0.39, 0.29) is 22.5 Å². The first-order valence-electron chi connectivity index (χ1n) is 30.5. The lowest BCUT2D eigenvalue weighted by Gasteiger charge is -2.23. The number of nitrogens with zero attached hydrogens (tertiary/aromatic N) is 6. The summed E-state index contributed by atoms with van der Waals surface area (Å²) in [5, 5.41) is 2.72. The maximum absolute atomic E-state index is 16.4. The lowest BCUT2D eigenvalue weighted by molar-refractivity contribution is -0.138. The maximum atomic E-state index is 16.4. The van der Waals surface area contributed by atoms with Crippen LogP contribution in [0.5, 0.6) is 0 Å². The molecule has 0 N–H and O–H groups in total. The summed E-state index contributed by atoms with van der Waals surface area (Å²) < 4.78 is 98.4. The van der Waals surface area contributed by atoms with E-state index in [1.54, 1.807) is 33.9 Å². The second kappa shape index (κ2) is 23.0. The van der Waals surface area contributed by atoms with Crippen molar-refractivity contribution in [2.75, 3.05) is 0 Å². The number of aromatic nitrogens is 6. The summed E-state index contributed by atoms with van der Waals surface area (Å²) in [5.74, 6) is 0. The smallest absolute Gasteiger partial charge is 0.309 e. The van der Waals surface area contributed by atoms with E-state index in [0.29, 0.717) is 43.6 Å². The molecule has 0 aliphatic rings. The molecule has 0 bridgehead atoms. The quantitative estimate of drug-likeness (QED) is 0.121. The normalized spacial score (nSPS) is 11.9. The van der Waals surface area contributed by atoms with Gasteiger partial charge in [-0.3, -0.25) is 19.9 Å². The molecule has 94 heavy (non-hydrogen) atoms. The number of hydrogen-bond acceptors (Lipinski definition) is 4. The van der Waals surface area contributed by atoms with Crippen molar-refractivity contribution < 1.29 is 26.3 Å². The number of fused-ring (bicyclic) bond motifs is 6. The van der Waals surface area contributed by atoms with Crippen LogP contribution in [0.25, 0.3) is 156 Å². The molecule has 10 aromatic carbocycles. The van der Waals surface area contributed by atoms with Crippen LogP contribution in [-0.2, 0) is 12.4 Å². The number of pyridine rings is 4. The van der Waals surface area contributed by atoms with E-state index in [1.807, 2.05) is 243 Å². The average molecular weight is 1230 g/mol. The van der Waals surface area contributed by atoms with Gasteiger partial charge in [-0.2, -0.15) is 26.3 Å². The Hall–Kier alpha value is -12.0. The summed E-state index contributed by atoms with van der Waals surface area (Å²) in [5.41, 5.74) is 13.5. The zero-order valence-corrected chi connectivity index (χ0v) is 49.8. The lowest BCUT2D eigenvalue weighted by Crippen LogP contribution is -2.11. The molecule has 16 aromatic rings. The predicted octanol–water partition coefficient (Wildman–Crippen LogP) is 22.5. The highest BCUT2D eigenvalue weighted by Crippen LogP contribution is 2.48. The molecular formula is C82H50F6N6. The fourth-order valence-electron chi connectivity index (χ4n) is 12.9. The Kier molecular flexibility index (Phi) is 14.0. The van der Waals surface area contributed by atoms with Crippen LogP contribution in [0.3, 0.4) is 0 Å². The minimum absolute atomic E-state index is 0.00446. The third-order valence-electron chi connectivity index (χ3n) is 17.6. The van der Waals surface area contributed by atoms with Gasteiger partial charge in [-0.05, 0) is 125 Å². The van der Waals surface area contributed by atoms with Gasteiger partial charge in [0.2, 0.25) is 0 Å². The van der Waals surface area contributed by atoms with E-state index in [0.717, 1.165) is 114 Å². The van der Waals surface area contributed by atoms with E-state index >= 15 is 26.3 Å². The van der Waals surface area contributed by atoms with E-state index in [2.05, 4.69) is 0 Å². The molecule has 0 amide bonds. The predicted molar refractivity (Wildman–Crippen MR) is 365 cm³/mol. The molecule has 6 heterocycles. The van der Waals surface area contributed by atoms with Gasteiger partial charge in [-0.25, -0.2) is 0 Å². The van der Waals surface area contributed by atoms with Gasteiger partial charge in [0.25, 0.3) is 0 Å². The van der Waals surface area contributed by atoms with Crippen LogP contribution in [-0.4, -0.2) is 29.1 Å². The summed E-state index contributed by atoms with van der Waals surface area (Å²) >= 11 is 0. The van der Waals surface area contributed by atoms with Gasteiger partial charge in [0.1, 0.15) is 0 Å². The third kappa shape index (κ3) is 10.5. The van der Waals surface area contributed by atoms with E-state index < -0.39 is 23.5 Å². The van der Waals surface area contributed by atoms with Crippen molar-refractivity contribution in [2.45, 2.75) is 12.4 Å². The molecular weight excluding hydrogens is 1180 g/mol. The fourth-order valence-corrected chi connectivity index (χ4v) is 12.9. The summed E-state index contributed by atoms with van der Waals surface area (Å²) in [7, 11) is 0. The molecule has 0 spiro atoms. The molecule has 12 heteroatoms. The number of rotatable bonds is 11. The Morgan fingerprint density at radius 1 is 0.223 bits per heavy atom. The van der Waals surface area contributed by atoms with Crippen LogP contribution < -0.4 is 0 Å². The fraction of sp³-hybridized carbons (Fsp3) is 0.0244. The molecule has 0 radical (unpaired) electrons. The second-order valence-corrected chi connectivity index (χ2v) is 23.3. The Bertz CT molecular complexity index is 4930. The van der Waals surface area contributed by atoms with Crippen LogP contribution >= 0.6 is 0 Å². The van der Waals surface area contributed by atoms with Crippen molar-refractivity contribution in [1.82, 2.24) is 29.1 Å². The number of benzene rings is 10. The highest BCUT2D eigenvalue weighted by molar-refractivity contribution is 6.14. The number of hydrogen-bond donors (Lipinski definition) is 0. The second-order valence-electron chi connectivity index (χ2n) is 23.3. The molecule has 0 saturated carbocycles. The third-order valence-corrected chi connectivity index (χ3v) is 17.6. The molecule has 0 atom stereocenters. The van der Waals surface area contributed by atoms with Gasteiger partial charge in [-0.15, -0.1) is 0 Å².